The van der Waals surface area contributed by atoms with Gasteiger partial charge >= 0.3 is 0 Å². The topological polar surface area (TPSA) is 37.4 Å². The number of ether oxygens (including phenoxy) is 1. The van der Waals surface area contributed by atoms with Gasteiger partial charge in [-0.15, -0.1) is 11.3 Å². The Morgan fingerprint density at radius 1 is 1.35 bits per heavy atom. The number of hydrogen-bond acceptors (Lipinski definition) is 5. The Balaban J connectivity index is 2.71. The molecular formula is C15H29N3OS. The monoisotopic (exact) mass is 299 g/mol. The van der Waals surface area contributed by atoms with Crippen molar-refractivity contribution >= 4 is 16.5 Å². The number of anilines is 1. The number of aryl methyl sites for hydroxylation is 1. The van der Waals surface area contributed by atoms with E-state index in [2.05, 4.69) is 44.8 Å². The molecule has 0 bridgehead atoms. The molecule has 1 unspecified atom stereocenters. The highest BCUT2D eigenvalue weighted by atomic mass is 32.1. The van der Waals surface area contributed by atoms with E-state index in [1.165, 1.54) is 4.88 Å². The number of nitrogens with zero attached hydrogens (tertiary/aromatic N) is 2. The van der Waals surface area contributed by atoms with E-state index in [4.69, 9.17) is 9.72 Å². The van der Waals surface area contributed by atoms with Gasteiger partial charge in [-0.1, -0.05) is 13.8 Å². The molecular weight excluding hydrogens is 270 g/mol. The van der Waals surface area contributed by atoms with Crippen molar-refractivity contribution in [3.63, 3.8) is 0 Å². The van der Waals surface area contributed by atoms with Crippen LogP contribution in [0.2, 0.25) is 0 Å². The van der Waals surface area contributed by atoms with Gasteiger partial charge in [-0.3, -0.25) is 0 Å². The first-order chi connectivity index (χ1) is 9.49. The first-order valence-electron chi connectivity index (χ1n) is 7.42. The molecule has 0 aliphatic rings. The van der Waals surface area contributed by atoms with Crippen molar-refractivity contribution in [3.8, 4) is 0 Å². The molecule has 0 radical (unpaired) electrons. The molecule has 0 aliphatic carbocycles. The molecule has 0 fully saturated rings. The molecule has 0 aromatic carbocycles. The summed E-state index contributed by atoms with van der Waals surface area (Å²) in [7, 11) is 1.75. The maximum Gasteiger partial charge on any atom is 0.186 e. The van der Waals surface area contributed by atoms with Crippen molar-refractivity contribution in [1.82, 2.24) is 10.3 Å². The highest BCUT2D eigenvalue weighted by molar-refractivity contribution is 7.15. The number of rotatable bonds is 9. The molecule has 116 valence electrons. The molecule has 1 heterocycles. The number of nitrogens with one attached hydrogen (secondary N) is 1. The van der Waals surface area contributed by atoms with E-state index >= 15 is 0 Å². The molecule has 0 spiro atoms. The number of likely N-dealkylation sites (N-methyl/N-ethyl adjacent to an activating group) is 1. The largest absolute Gasteiger partial charge is 0.383 e. The Hall–Kier alpha value is -0.650. The van der Waals surface area contributed by atoms with E-state index in [0.29, 0.717) is 12.0 Å². The number of aromatic nitrogens is 1. The van der Waals surface area contributed by atoms with E-state index in [1.807, 2.05) is 0 Å². The lowest BCUT2D eigenvalue weighted by Crippen LogP contribution is -2.36. The fourth-order valence-electron chi connectivity index (χ4n) is 2.14. The summed E-state index contributed by atoms with van der Waals surface area (Å²) in [5.74, 6) is 0.677. The van der Waals surface area contributed by atoms with Crippen molar-refractivity contribution < 1.29 is 4.74 Å². The normalized spacial score (nSPS) is 12.9. The van der Waals surface area contributed by atoms with Gasteiger partial charge in [0.2, 0.25) is 0 Å². The van der Waals surface area contributed by atoms with Gasteiger partial charge in [-0.25, -0.2) is 4.98 Å². The number of thiazole rings is 1. The average Bonchev–Trinajstić information content (AvgIpc) is 2.71. The molecule has 1 aromatic rings. The maximum atomic E-state index is 5.26. The van der Waals surface area contributed by atoms with Gasteiger partial charge in [0.15, 0.2) is 5.13 Å². The molecule has 1 atom stereocenters. The minimum atomic E-state index is 0.354. The summed E-state index contributed by atoms with van der Waals surface area (Å²) in [5, 5.41) is 4.60. The zero-order valence-corrected chi connectivity index (χ0v) is 14.5. The fraction of sp³-hybridized carbons (Fsp3) is 0.800. The van der Waals surface area contributed by atoms with E-state index < -0.39 is 0 Å². The quantitative estimate of drug-likeness (QED) is 0.760. The van der Waals surface area contributed by atoms with Gasteiger partial charge in [0, 0.05) is 25.1 Å². The Kier molecular flexibility index (Phi) is 7.48. The second kappa shape index (κ2) is 8.60. The summed E-state index contributed by atoms with van der Waals surface area (Å²) in [6.07, 6.45) is 0. The van der Waals surface area contributed by atoms with E-state index in [0.717, 1.165) is 37.1 Å². The second-order valence-corrected chi connectivity index (χ2v) is 6.68. The van der Waals surface area contributed by atoms with Crippen LogP contribution in [-0.2, 0) is 11.3 Å². The first-order valence-corrected chi connectivity index (χ1v) is 8.23. The van der Waals surface area contributed by atoms with Crippen molar-refractivity contribution in [2.24, 2.45) is 5.92 Å². The maximum absolute atomic E-state index is 5.26. The van der Waals surface area contributed by atoms with Crippen molar-refractivity contribution in [2.75, 3.05) is 31.7 Å². The SMILES string of the molecule is CCN(c1nc(C)c(CNCC(C)C)s1)C(C)COC. The highest BCUT2D eigenvalue weighted by Crippen LogP contribution is 2.27. The Morgan fingerprint density at radius 2 is 2.05 bits per heavy atom. The van der Waals surface area contributed by atoms with Crippen LogP contribution in [0, 0.1) is 12.8 Å². The third kappa shape index (κ3) is 5.04. The second-order valence-electron chi connectivity index (χ2n) is 5.62. The van der Waals surface area contributed by atoms with Crippen LogP contribution in [0.1, 0.15) is 38.3 Å². The third-order valence-electron chi connectivity index (χ3n) is 3.25. The van der Waals surface area contributed by atoms with Gasteiger partial charge in [0.1, 0.15) is 0 Å². The molecule has 0 aliphatic heterocycles. The predicted molar refractivity (Wildman–Crippen MR) is 87.8 cm³/mol. The van der Waals surface area contributed by atoms with Gasteiger partial charge in [0.05, 0.1) is 18.3 Å². The van der Waals surface area contributed by atoms with E-state index in [-0.39, 0.29) is 0 Å². The molecule has 4 nitrogen and oxygen atoms in total. The Labute approximate surface area is 127 Å². The first kappa shape index (κ1) is 17.4. The van der Waals surface area contributed by atoms with Gasteiger partial charge in [-0.2, -0.15) is 0 Å². The van der Waals surface area contributed by atoms with Crippen LogP contribution >= 0.6 is 11.3 Å². The molecule has 5 heteroatoms. The van der Waals surface area contributed by atoms with Crippen LogP contribution in [0.15, 0.2) is 0 Å². The summed E-state index contributed by atoms with van der Waals surface area (Å²) in [5.41, 5.74) is 1.14. The molecule has 1 N–H and O–H groups in total. The van der Waals surface area contributed by atoms with Crippen LogP contribution in [0.25, 0.3) is 0 Å². The van der Waals surface area contributed by atoms with Crippen LogP contribution < -0.4 is 10.2 Å². The minimum absolute atomic E-state index is 0.354. The van der Waals surface area contributed by atoms with Gasteiger partial charge < -0.3 is 15.0 Å². The smallest absolute Gasteiger partial charge is 0.186 e. The number of methoxy groups -OCH3 is 1. The summed E-state index contributed by atoms with van der Waals surface area (Å²) in [4.78, 5) is 8.38. The average molecular weight is 299 g/mol. The van der Waals surface area contributed by atoms with Crippen LogP contribution in [-0.4, -0.2) is 37.8 Å². The van der Waals surface area contributed by atoms with Crippen molar-refractivity contribution in [1.29, 1.82) is 0 Å². The zero-order chi connectivity index (χ0) is 15.1. The lowest BCUT2D eigenvalue weighted by atomic mass is 10.2. The van der Waals surface area contributed by atoms with Gasteiger partial charge in [-0.05, 0) is 33.2 Å². The minimum Gasteiger partial charge on any atom is -0.383 e. The molecule has 1 aromatic heterocycles. The lowest BCUT2D eigenvalue weighted by molar-refractivity contribution is 0.182. The van der Waals surface area contributed by atoms with Crippen LogP contribution in [0.5, 0.6) is 0 Å². The van der Waals surface area contributed by atoms with Crippen molar-refractivity contribution in [3.05, 3.63) is 10.6 Å². The lowest BCUT2D eigenvalue weighted by Gasteiger charge is -2.26. The highest BCUT2D eigenvalue weighted by Gasteiger charge is 2.17. The summed E-state index contributed by atoms with van der Waals surface area (Å²) < 4.78 is 5.26. The third-order valence-corrected chi connectivity index (χ3v) is 4.44. The summed E-state index contributed by atoms with van der Waals surface area (Å²) >= 11 is 1.79. The molecule has 0 amide bonds. The standard InChI is InChI=1S/C15H29N3OS/c1-7-18(12(4)10-19-6)15-17-13(5)14(20-15)9-16-8-11(2)3/h11-12,16H,7-10H2,1-6H3. The Morgan fingerprint density at radius 3 is 2.60 bits per heavy atom. The summed E-state index contributed by atoms with van der Waals surface area (Å²) in [6, 6.07) is 0.354. The predicted octanol–water partition coefficient (Wildman–Crippen LogP) is 3.06. The molecule has 20 heavy (non-hydrogen) atoms. The zero-order valence-electron chi connectivity index (χ0n) is 13.7. The number of hydrogen-bond donors (Lipinski definition) is 1. The van der Waals surface area contributed by atoms with Crippen LogP contribution in [0.4, 0.5) is 5.13 Å². The fourth-order valence-corrected chi connectivity index (χ4v) is 3.34. The van der Waals surface area contributed by atoms with Crippen molar-refractivity contribution in [2.45, 2.75) is 47.2 Å². The summed E-state index contributed by atoms with van der Waals surface area (Å²) in [6.45, 7) is 14.5. The Bertz CT molecular complexity index is 392. The molecule has 1 rings (SSSR count). The van der Waals surface area contributed by atoms with Gasteiger partial charge in [0.25, 0.3) is 0 Å². The van der Waals surface area contributed by atoms with E-state index in [9.17, 15) is 0 Å². The van der Waals surface area contributed by atoms with E-state index in [1.54, 1.807) is 18.4 Å². The molecule has 0 saturated carbocycles. The molecule has 0 saturated heterocycles. The van der Waals surface area contributed by atoms with Crippen LogP contribution in [0.3, 0.4) is 0 Å².